The van der Waals surface area contributed by atoms with Crippen LogP contribution >= 0.6 is 0 Å². The molecule has 1 nitrogen and oxygen atoms in total. The number of hydrogen-bond acceptors (Lipinski definition) is 1. The molecule has 0 bridgehead atoms. The van der Waals surface area contributed by atoms with E-state index in [1.807, 2.05) is 0 Å². The zero-order valence-corrected chi connectivity index (χ0v) is 11.8. The van der Waals surface area contributed by atoms with Gasteiger partial charge in [-0.3, -0.25) is 0 Å². The van der Waals surface area contributed by atoms with Gasteiger partial charge in [0, 0.05) is 12.1 Å². The average Bonchev–Trinajstić information content (AvgIpc) is 2.70. The molecule has 2 aliphatic rings. The first-order valence-corrected chi connectivity index (χ1v) is 7.05. The molecular formula is C15H29N. The normalized spacial score (nSPS) is 37.9. The van der Waals surface area contributed by atoms with Crippen molar-refractivity contribution in [3.05, 3.63) is 0 Å². The van der Waals surface area contributed by atoms with Crippen LogP contribution in [0.1, 0.15) is 60.3 Å². The van der Waals surface area contributed by atoms with Gasteiger partial charge in [-0.1, -0.05) is 13.8 Å². The predicted octanol–water partition coefficient (Wildman–Crippen LogP) is 3.84. The van der Waals surface area contributed by atoms with E-state index in [0.29, 0.717) is 5.41 Å². The van der Waals surface area contributed by atoms with Crippen molar-refractivity contribution in [2.45, 2.75) is 65.8 Å². The van der Waals surface area contributed by atoms with Crippen molar-refractivity contribution in [2.75, 3.05) is 6.54 Å². The molecule has 16 heavy (non-hydrogen) atoms. The van der Waals surface area contributed by atoms with Crippen molar-refractivity contribution in [1.82, 2.24) is 5.32 Å². The second-order valence-corrected chi connectivity index (χ2v) is 7.87. The quantitative estimate of drug-likeness (QED) is 0.763. The molecule has 0 aromatic heterocycles. The summed E-state index contributed by atoms with van der Waals surface area (Å²) < 4.78 is 0. The summed E-state index contributed by atoms with van der Waals surface area (Å²) in [7, 11) is 0. The lowest BCUT2D eigenvalue weighted by molar-refractivity contribution is 0.183. The number of fused-ring (bicyclic) bond motifs is 1. The average molecular weight is 223 g/mol. The minimum absolute atomic E-state index is 0.275. The van der Waals surface area contributed by atoms with Crippen molar-refractivity contribution in [3.8, 4) is 0 Å². The molecule has 0 aliphatic heterocycles. The van der Waals surface area contributed by atoms with E-state index in [1.54, 1.807) is 0 Å². The highest BCUT2D eigenvalue weighted by atomic mass is 15.0. The molecule has 0 saturated heterocycles. The van der Waals surface area contributed by atoms with Crippen LogP contribution in [0.15, 0.2) is 0 Å². The first kappa shape index (κ1) is 12.4. The van der Waals surface area contributed by atoms with Crippen LogP contribution < -0.4 is 5.32 Å². The fraction of sp³-hybridized carbons (Fsp3) is 1.00. The smallest absolute Gasteiger partial charge is 0.00967 e. The van der Waals surface area contributed by atoms with E-state index < -0.39 is 0 Å². The molecule has 2 fully saturated rings. The van der Waals surface area contributed by atoms with Gasteiger partial charge in [-0.05, 0) is 69.6 Å². The molecule has 0 spiro atoms. The van der Waals surface area contributed by atoms with E-state index in [1.165, 1.54) is 32.2 Å². The fourth-order valence-corrected chi connectivity index (χ4v) is 3.71. The lowest BCUT2D eigenvalue weighted by atomic mass is 9.75. The van der Waals surface area contributed by atoms with E-state index in [-0.39, 0.29) is 5.54 Å². The van der Waals surface area contributed by atoms with Crippen molar-refractivity contribution in [1.29, 1.82) is 0 Å². The van der Waals surface area contributed by atoms with Crippen LogP contribution in [-0.2, 0) is 0 Å². The maximum absolute atomic E-state index is 3.75. The summed E-state index contributed by atoms with van der Waals surface area (Å²) in [6.07, 6.45) is 5.95. The Kier molecular flexibility index (Phi) is 3.11. The van der Waals surface area contributed by atoms with Gasteiger partial charge in [-0.2, -0.15) is 0 Å². The lowest BCUT2D eigenvalue weighted by Gasteiger charge is -2.36. The maximum atomic E-state index is 3.75. The van der Waals surface area contributed by atoms with Crippen molar-refractivity contribution in [3.63, 3.8) is 0 Å². The summed E-state index contributed by atoms with van der Waals surface area (Å²) in [5.74, 6) is 3.04. The highest BCUT2D eigenvalue weighted by Gasteiger charge is 2.53. The Labute approximate surface area is 101 Å². The van der Waals surface area contributed by atoms with Gasteiger partial charge in [0.2, 0.25) is 0 Å². The molecule has 0 aromatic rings. The minimum Gasteiger partial charge on any atom is -0.312 e. The van der Waals surface area contributed by atoms with Gasteiger partial charge in [0.15, 0.2) is 0 Å². The van der Waals surface area contributed by atoms with E-state index >= 15 is 0 Å². The Balaban J connectivity index is 1.93. The van der Waals surface area contributed by atoms with E-state index in [2.05, 4.69) is 39.9 Å². The first-order chi connectivity index (χ1) is 7.30. The Hall–Kier alpha value is -0.0400. The van der Waals surface area contributed by atoms with E-state index in [0.717, 1.165) is 17.8 Å². The van der Waals surface area contributed by atoms with Crippen LogP contribution in [0, 0.1) is 23.2 Å². The predicted molar refractivity (Wildman–Crippen MR) is 70.5 cm³/mol. The first-order valence-electron chi connectivity index (χ1n) is 7.05. The van der Waals surface area contributed by atoms with Crippen LogP contribution in [0.25, 0.3) is 0 Å². The standard InChI is InChI=1S/C15H29N/c1-11(2)7-15(10-16-14(3,4)5)8-12-6-13(12)9-15/h11-13,16H,6-10H2,1-5H3. The third kappa shape index (κ3) is 3.00. The molecule has 1 N–H and O–H groups in total. The summed E-state index contributed by atoms with van der Waals surface area (Å²) in [4.78, 5) is 0. The molecule has 2 saturated carbocycles. The molecule has 2 aliphatic carbocycles. The van der Waals surface area contributed by atoms with E-state index in [4.69, 9.17) is 0 Å². The zero-order valence-electron chi connectivity index (χ0n) is 11.8. The summed E-state index contributed by atoms with van der Waals surface area (Å²) in [6.45, 7) is 12.8. The molecule has 0 heterocycles. The Morgan fingerprint density at radius 3 is 2.19 bits per heavy atom. The van der Waals surface area contributed by atoms with Crippen molar-refractivity contribution in [2.24, 2.45) is 23.2 Å². The van der Waals surface area contributed by atoms with Crippen LogP contribution in [0.2, 0.25) is 0 Å². The highest BCUT2D eigenvalue weighted by molar-refractivity contribution is 5.04. The number of nitrogens with one attached hydrogen (secondary N) is 1. The lowest BCUT2D eigenvalue weighted by Crippen LogP contribution is -2.44. The van der Waals surface area contributed by atoms with Gasteiger partial charge in [0.25, 0.3) is 0 Å². The molecule has 2 rings (SSSR count). The van der Waals surface area contributed by atoms with Crippen molar-refractivity contribution < 1.29 is 0 Å². The molecule has 0 aromatic carbocycles. The van der Waals surface area contributed by atoms with Gasteiger partial charge < -0.3 is 5.32 Å². The van der Waals surface area contributed by atoms with Gasteiger partial charge in [-0.25, -0.2) is 0 Å². The van der Waals surface area contributed by atoms with Crippen LogP contribution in [-0.4, -0.2) is 12.1 Å². The minimum atomic E-state index is 0.275. The zero-order chi connectivity index (χ0) is 12.0. The largest absolute Gasteiger partial charge is 0.312 e. The molecule has 0 radical (unpaired) electrons. The highest BCUT2D eigenvalue weighted by Crippen LogP contribution is 2.61. The second-order valence-electron chi connectivity index (χ2n) is 7.87. The fourth-order valence-electron chi connectivity index (χ4n) is 3.71. The van der Waals surface area contributed by atoms with Gasteiger partial charge in [0.05, 0.1) is 0 Å². The molecule has 0 amide bonds. The van der Waals surface area contributed by atoms with E-state index in [9.17, 15) is 0 Å². The Morgan fingerprint density at radius 1 is 1.19 bits per heavy atom. The maximum Gasteiger partial charge on any atom is 0.00967 e. The monoisotopic (exact) mass is 223 g/mol. The third-order valence-corrected chi connectivity index (χ3v) is 4.29. The summed E-state index contributed by atoms with van der Waals surface area (Å²) >= 11 is 0. The van der Waals surface area contributed by atoms with Crippen LogP contribution in [0.3, 0.4) is 0 Å². The van der Waals surface area contributed by atoms with Crippen LogP contribution in [0.4, 0.5) is 0 Å². The van der Waals surface area contributed by atoms with Gasteiger partial charge in [-0.15, -0.1) is 0 Å². The topological polar surface area (TPSA) is 12.0 Å². The van der Waals surface area contributed by atoms with Crippen molar-refractivity contribution >= 4 is 0 Å². The third-order valence-electron chi connectivity index (χ3n) is 4.29. The summed E-state index contributed by atoms with van der Waals surface area (Å²) in [5.41, 5.74) is 0.909. The molecule has 2 atom stereocenters. The molecule has 2 unspecified atom stereocenters. The SMILES string of the molecule is CC(C)CC1(CNC(C)(C)C)CC2CC2C1. The Morgan fingerprint density at radius 2 is 1.75 bits per heavy atom. The summed E-state index contributed by atoms with van der Waals surface area (Å²) in [6, 6.07) is 0. The Bertz CT molecular complexity index is 239. The summed E-state index contributed by atoms with van der Waals surface area (Å²) in [5, 5.41) is 3.75. The van der Waals surface area contributed by atoms with Crippen LogP contribution in [0.5, 0.6) is 0 Å². The van der Waals surface area contributed by atoms with Gasteiger partial charge >= 0.3 is 0 Å². The molecule has 1 heteroatoms. The molecular weight excluding hydrogens is 194 g/mol. The number of hydrogen-bond donors (Lipinski definition) is 1. The van der Waals surface area contributed by atoms with Gasteiger partial charge in [0.1, 0.15) is 0 Å². The molecule has 94 valence electrons. The number of rotatable bonds is 4. The second kappa shape index (κ2) is 4.01.